The van der Waals surface area contributed by atoms with Gasteiger partial charge in [-0.2, -0.15) is 0 Å². The zero-order valence-corrected chi connectivity index (χ0v) is 10.6. The first-order chi connectivity index (χ1) is 9.47. The summed E-state index contributed by atoms with van der Waals surface area (Å²) in [6.45, 7) is 0.0709. The average molecular weight is 282 g/mol. The number of benzene rings is 1. The van der Waals surface area contributed by atoms with Gasteiger partial charge in [0.25, 0.3) is 0 Å². The molecule has 0 radical (unpaired) electrons. The Kier molecular flexibility index (Phi) is 4.19. The minimum atomic E-state index is -1.15. The Morgan fingerprint density at radius 1 is 1.45 bits per heavy atom. The number of nitrogens with one attached hydrogen (secondary N) is 1. The summed E-state index contributed by atoms with van der Waals surface area (Å²) >= 11 is 0. The van der Waals surface area contributed by atoms with E-state index in [0.29, 0.717) is 5.56 Å². The van der Waals surface area contributed by atoms with Gasteiger partial charge in [-0.1, -0.05) is 12.1 Å². The van der Waals surface area contributed by atoms with Crippen LogP contribution in [0, 0.1) is 5.82 Å². The molecule has 1 saturated heterocycles. The van der Waals surface area contributed by atoms with E-state index in [1.165, 1.54) is 18.2 Å². The fourth-order valence-electron chi connectivity index (χ4n) is 2.20. The Morgan fingerprint density at radius 3 is 2.85 bits per heavy atom. The molecular formula is C13H15FN2O4. The van der Waals surface area contributed by atoms with E-state index in [1.807, 2.05) is 0 Å². The number of aliphatic hydroxyl groups is 1. The SMILES string of the molecule is O=C(O)[C@@H]1C[C@H](O)CN1C(=O)NCc1cccc(F)c1. The molecule has 20 heavy (non-hydrogen) atoms. The van der Waals surface area contributed by atoms with Crippen molar-refractivity contribution in [1.29, 1.82) is 0 Å². The molecule has 0 unspecified atom stereocenters. The summed E-state index contributed by atoms with van der Waals surface area (Å²) in [7, 11) is 0. The van der Waals surface area contributed by atoms with Crippen molar-refractivity contribution < 1.29 is 24.2 Å². The van der Waals surface area contributed by atoms with E-state index in [0.717, 1.165) is 4.90 Å². The first-order valence-electron chi connectivity index (χ1n) is 6.17. The number of carbonyl (C=O) groups is 2. The van der Waals surface area contributed by atoms with E-state index in [9.17, 15) is 19.1 Å². The lowest BCUT2D eigenvalue weighted by Crippen LogP contribution is -2.45. The molecule has 1 heterocycles. The molecule has 1 aliphatic rings. The molecule has 1 aromatic rings. The highest BCUT2D eigenvalue weighted by molar-refractivity contribution is 5.83. The van der Waals surface area contributed by atoms with Gasteiger partial charge in [-0.3, -0.25) is 0 Å². The Labute approximate surface area is 114 Å². The lowest BCUT2D eigenvalue weighted by molar-refractivity contribution is -0.141. The van der Waals surface area contributed by atoms with Crippen LogP contribution in [-0.4, -0.2) is 45.8 Å². The molecule has 1 aliphatic heterocycles. The topological polar surface area (TPSA) is 89.9 Å². The minimum absolute atomic E-state index is 0.0166. The van der Waals surface area contributed by atoms with E-state index < -0.39 is 30.0 Å². The zero-order valence-electron chi connectivity index (χ0n) is 10.6. The van der Waals surface area contributed by atoms with Gasteiger partial charge in [0.1, 0.15) is 11.9 Å². The highest BCUT2D eigenvalue weighted by atomic mass is 19.1. The van der Waals surface area contributed by atoms with Crippen LogP contribution in [0.2, 0.25) is 0 Å². The Hall–Kier alpha value is -2.15. The van der Waals surface area contributed by atoms with E-state index >= 15 is 0 Å². The number of carbonyl (C=O) groups excluding carboxylic acids is 1. The van der Waals surface area contributed by atoms with Crippen LogP contribution >= 0.6 is 0 Å². The maximum Gasteiger partial charge on any atom is 0.326 e. The van der Waals surface area contributed by atoms with Crippen molar-refractivity contribution in [2.75, 3.05) is 6.54 Å². The van der Waals surface area contributed by atoms with Crippen molar-refractivity contribution in [3.8, 4) is 0 Å². The Bertz CT molecular complexity index is 523. The van der Waals surface area contributed by atoms with E-state index in [4.69, 9.17) is 5.11 Å². The maximum absolute atomic E-state index is 13.0. The van der Waals surface area contributed by atoms with Crippen molar-refractivity contribution in [1.82, 2.24) is 10.2 Å². The number of hydrogen-bond acceptors (Lipinski definition) is 3. The first-order valence-corrected chi connectivity index (χ1v) is 6.17. The number of carboxylic acids is 1. The minimum Gasteiger partial charge on any atom is -0.480 e. The number of aliphatic carboxylic acids is 1. The Balaban J connectivity index is 1.96. The van der Waals surface area contributed by atoms with Gasteiger partial charge in [0, 0.05) is 19.5 Å². The third kappa shape index (κ3) is 3.24. The van der Waals surface area contributed by atoms with Crippen LogP contribution in [0.25, 0.3) is 0 Å². The quantitative estimate of drug-likeness (QED) is 0.755. The van der Waals surface area contributed by atoms with Crippen molar-refractivity contribution >= 4 is 12.0 Å². The number of halogens is 1. The lowest BCUT2D eigenvalue weighted by atomic mass is 10.2. The summed E-state index contributed by atoms with van der Waals surface area (Å²) in [5.41, 5.74) is 0.574. The molecule has 0 aliphatic carbocycles. The molecule has 0 aromatic heterocycles. The molecule has 0 saturated carbocycles. The number of rotatable bonds is 3. The fraction of sp³-hybridized carbons (Fsp3) is 0.385. The second-order valence-electron chi connectivity index (χ2n) is 4.68. The lowest BCUT2D eigenvalue weighted by Gasteiger charge is -2.21. The number of carboxylic acid groups (broad SMARTS) is 1. The van der Waals surface area contributed by atoms with Gasteiger partial charge in [-0.25, -0.2) is 14.0 Å². The predicted molar refractivity (Wildman–Crippen MR) is 67.4 cm³/mol. The summed E-state index contributed by atoms with van der Waals surface area (Å²) in [6.07, 6.45) is -0.820. The standard InChI is InChI=1S/C13H15FN2O4/c14-9-3-1-2-8(4-9)6-15-13(20)16-7-10(17)5-11(16)12(18)19/h1-4,10-11,17H,5-7H2,(H,15,20)(H,18,19)/t10-,11-/m0/s1. The van der Waals surface area contributed by atoms with Crippen molar-refractivity contribution in [2.45, 2.75) is 25.1 Å². The third-order valence-corrected chi connectivity index (χ3v) is 3.16. The van der Waals surface area contributed by atoms with Crippen molar-refractivity contribution in [3.05, 3.63) is 35.6 Å². The molecule has 7 heteroatoms. The molecule has 2 rings (SSSR count). The highest BCUT2D eigenvalue weighted by Gasteiger charge is 2.38. The second kappa shape index (κ2) is 5.87. The van der Waals surface area contributed by atoms with Gasteiger partial charge < -0.3 is 20.4 Å². The number of amides is 2. The average Bonchev–Trinajstić information content (AvgIpc) is 2.78. The van der Waals surface area contributed by atoms with Crippen LogP contribution in [0.15, 0.2) is 24.3 Å². The first kappa shape index (κ1) is 14.3. The summed E-state index contributed by atoms with van der Waals surface area (Å²) in [6, 6.07) is 4.14. The van der Waals surface area contributed by atoms with Gasteiger partial charge >= 0.3 is 12.0 Å². The number of aliphatic hydroxyl groups excluding tert-OH is 1. The molecule has 108 valence electrons. The van der Waals surface area contributed by atoms with Crippen LogP contribution in [0.4, 0.5) is 9.18 Å². The van der Waals surface area contributed by atoms with Crippen molar-refractivity contribution in [2.24, 2.45) is 0 Å². The van der Waals surface area contributed by atoms with Crippen molar-refractivity contribution in [3.63, 3.8) is 0 Å². The van der Waals surface area contributed by atoms with E-state index in [1.54, 1.807) is 6.07 Å². The highest BCUT2D eigenvalue weighted by Crippen LogP contribution is 2.18. The summed E-state index contributed by atoms with van der Waals surface area (Å²) in [5.74, 6) is -1.56. The van der Waals surface area contributed by atoms with Crippen LogP contribution in [0.1, 0.15) is 12.0 Å². The molecule has 1 aromatic carbocycles. The van der Waals surface area contributed by atoms with Crippen LogP contribution in [0.5, 0.6) is 0 Å². The fourth-order valence-corrected chi connectivity index (χ4v) is 2.20. The number of nitrogens with zero attached hydrogens (tertiary/aromatic N) is 1. The molecule has 0 spiro atoms. The van der Waals surface area contributed by atoms with Gasteiger partial charge in [-0.15, -0.1) is 0 Å². The molecule has 0 bridgehead atoms. The number of likely N-dealkylation sites (tertiary alicyclic amines) is 1. The number of urea groups is 1. The molecule has 2 amide bonds. The molecular weight excluding hydrogens is 267 g/mol. The summed E-state index contributed by atoms with van der Waals surface area (Å²) < 4.78 is 13.0. The summed E-state index contributed by atoms with van der Waals surface area (Å²) in [5, 5.41) is 21.0. The monoisotopic (exact) mass is 282 g/mol. The van der Waals surface area contributed by atoms with Gasteiger partial charge in [0.15, 0.2) is 0 Å². The number of β-amino-alcohol motifs (C(OH)–C–C–N with tert-alkyl or cyclic N) is 1. The molecule has 3 N–H and O–H groups in total. The maximum atomic E-state index is 13.0. The van der Waals surface area contributed by atoms with Crippen LogP contribution in [-0.2, 0) is 11.3 Å². The molecule has 2 atom stereocenters. The molecule has 6 nitrogen and oxygen atoms in total. The Morgan fingerprint density at radius 2 is 2.20 bits per heavy atom. The zero-order chi connectivity index (χ0) is 14.7. The summed E-state index contributed by atoms with van der Waals surface area (Å²) in [4.78, 5) is 24.0. The normalized spacial score (nSPS) is 21.8. The van der Waals surface area contributed by atoms with Gasteiger partial charge in [0.05, 0.1) is 6.10 Å². The van der Waals surface area contributed by atoms with Gasteiger partial charge in [0.2, 0.25) is 0 Å². The van der Waals surface area contributed by atoms with Crippen LogP contribution in [0.3, 0.4) is 0 Å². The third-order valence-electron chi connectivity index (χ3n) is 3.16. The van der Waals surface area contributed by atoms with Crippen LogP contribution < -0.4 is 5.32 Å². The second-order valence-corrected chi connectivity index (χ2v) is 4.68. The number of hydrogen-bond donors (Lipinski definition) is 3. The predicted octanol–water partition coefficient (Wildman–Crippen LogP) is 0.555. The van der Waals surface area contributed by atoms with E-state index in [2.05, 4.69) is 5.32 Å². The van der Waals surface area contributed by atoms with E-state index in [-0.39, 0.29) is 19.5 Å². The molecule has 1 fully saturated rings. The largest absolute Gasteiger partial charge is 0.480 e. The smallest absolute Gasteiger partial charge is 0.326 e. The van der Waals surface area contributed by atoms with Gasteiger partial charge in [-0.05, 0) is 17.7 Å².